The highest BCUT2D eigenvalue weighted by Crippen LogP contribution is 2.15. The second-order valence-electron chi connectivity index (χ2n) is 5.20. The van der Waals surface area contributed by atoms with E-state index in [0.717, 1.165) is 31.9 Å². The van der Waals surface area contributed by atoms with Crippen LogP contribution < -0.4 is 10.2 Å². The number of aromatic nitrogens is 3. The number of hydrogen-bond acceptors (Lipinski definition) is 5. The van der Waals surface area contributed by atoms with Crippen molar-refractivity contribution in [2.24, 2.45) is 0 Å². The SMILES string of the molecule is O=C(NC1CCN(c2ncccn2)CC1)c1ccc[nH]c1=S. The Morgan fingerprint density at radius 1 is 1.27 bits per heavy atom. The van der Waals surface area contributed by atoms with Gasteiger partial charge in [0.15, 0.2) is 0 Å². The molecule has 3 rings (SSSR count). The van der Waals surface area contributed by atoms with Gasteiger partial charge in [0.05, 0.1) is 5.56 Å². The second kappa shape index (κ2) is 6.65. The molecule has 2 N–H and O–H groups in total. The number of carbonyl (C=O) groups is 1. The van der Waals surface area contributed by atoms with Crippen molar-refractivity contribution < 1.29 is 4.79 Å². The molecule has 3 heterocycles. The largest absolute Gasteiger partial charge is 0.352 e. The molecule has 0 spiro atoms. The van der Waals surface area contributed by atoms with Crippen LogP contribution in [-0.2, 0) is 0 Å². The van der Waals surface area contributed by atoms with E-state index >= 15 is 0 Å². The molecule has 0 radical (unpaired) electrons. The Labute approximate surface area is 133 Å². The fraction of sp³-hybridized carbons (Fsp3) is 0.333. The van der Waals surface area contributed by atoms with E-state index in [2.05, 4.69) is 25.2 Å². The molecule has 0 atom stereocenters. The maximum Gasteiger partial charge on any atom is 0.254 e. The Kier molecular flexibility index (Phi) is 4.43. The summed E-state index contributed by atoms with van der Waals surface area (Å²) in [6, 6.07) is 5.48. The molecule has 22 heavy (non-hydrogen) atoms. The van der Waals surface area contributed by atoms with Crippen LogP contribution in [0.5, 0.6) is 0 Å². The fourth-order valence-corrected chi connectivity index (χ4v) is 2.77. The van der Waals surface area contributed by atoms with Gasteiger partial charge in [0.2, 0.25) is 5.95 Å². The Balaban J connectivity index is 1.57. The number of H-pyrrole nitrogens is 1. The molecule has 0 bridgehead atoms. The third-order valence-corrected chi connectivity index (χ3v) is 4.07. The summed E-state index contributed by atoms with van der Waals surface area (Å²) in [6.07, 6.45) is 6.94. The highest BCUT2D eigenvalue weighted by atomic mass is 32.1. The smallest absolute Gasteiger partial charge is 0.254 e. The van der Waals surface area contributed by atoms with Crippen molar-refractivity contribution in [1.82, 2.24) is 20.3 Å². The van der Waals surface area contributed by atoms with E-state index in [4.69, 9.17) is 12.2 Å². The zero-order valence-corrected chi connectivity index (χ0v) is 12.8. The van der Waals surface area contributed by atoms with Crippen LogP contribution in [0, 0.1) is 4.64 Å². The number of amides is 1. The minimum Gasteiger partial charge on any atom is -0.352 e. The number of rotatable bonds is 3. The number of nitrogens with one attached hydrogen (secondary N) is 2. The van der Waals surface area contributed by atoms with Gasteiger partial charge >= 0.3 is 0 Å². The van der Waals surface area contributed by atoms with Crippen molar-refractivity contribution in [1.29, 1.82) is 0 Å². The molecule has 1 fully saturated rings. The van der Waals surface area contributed by atoms with Crippen molar-refractivity contribution in [2.75, 3.05) is 18.0 Å². The van der Waals surface area contributed by atoms with Crippen LogP contribution >= 0.6 is 12.2 Å². The zero-order valence-electron chi connectivity index (χ0n) is 12.0. The van der Waals surface area contributed by atoms with E-state index in [1.807, 2.05) is 0 Å². The number of hydrogen-bond donors (Lipinski definition) is 2. The minimum absolute atomic E-state index is 0.115. The second-order valence-corrected chi connectivity index (χ2v) is 5.60. The Hall–Kier alpha value is -2.28. The van der Waals surface area contributed by atoms with E-state index < -0.39 is 0 Å². The van der Waals surface area contributed by atoms with Crippen molar-refractivity contribution in [3.8, 4) is 0 Å². The summed E-state index contributed by atoms with van der Waals surface area (Å²) in [7, 11) is 0. The monoisotopic (exact) mass is 315 g/mol. The van der Waals surface area contributed by atoms with Gasteiger partial charge in [-0.3, -0.25) is 4.79 Å². The topological polar surface area (TPSA) is 73.9 Å². The van der Waals surface area contributed by atoms with E-state index in [0.29, 0.717) is 10.2 Å². The molecule has 114 valence electrons. The minimum atomic E-state index is -0.115. The molecule has 1 saturated heterocycles. The lowest BCUT2D eigenvalue weighted by Gasteiger charge is -2.32. The summed E-state index contributed by atoms with van der Waals surface area (Å²) >= 11 is 5.14. The molecule has 0 saturated carbocycles. The van der Waals surface area contributed by atoms with Crippen LogP contribution in [0.4, 0.5) is 5.95 Å². The van der Waals surface area contributed by atoms with E-state index in [1.165, 1.54) is 0 Å². The number of anilines is 1. The summed E-state index contributed by atoms with van der Waals surface area (Å²) in [5.74, 6) is 0.633. The van der Waals surface area contributed by atoms with Crippen molar-refractivity contribution in [3.05, 3.63) is 47.0 Å². The van der Waals surface area contributed by atoms with Gasteiger partial charge in [0.1, 0.15) is 4.64 Å². The first-order valence-electron chi connectivity index (χ1n) is 7.24. The van der Waals surface area contributed by atoms with Crippen LogP contribution in [0.15, 0.2) is 36.8 Å². The predicted molar refractivity (Wildman–Crippen MR) is 86.4 cm³/mol. The number of pyridine rings is 1. The van der Waals surface area contributed by atoms with Gasteiger partial charge < -0.3 is 15.2 Å². The van der Waals surface area contributed by atoms with Crippen molar-refractivity contribution in [2.45, 2.75) is 18.9 Å². The highest BCUT2D eigenvalue weighted by Gasteiger charge is 2.22. The summed E-state index contributed by atoms with van der Waals surface area (Å²) in [6.45, 7) is 1.66. The summed E-state index contributed by atoms with van der Waals surface area (Å²) in [5.41, 5.74) is 0.520. The van der Waals surface area contributed by atoms with Crippen LogP contribution in [-0.4, -0.2) is 40.0 Å². The number of carbonyl (C=O) groups excluding carboxylic acids is 1. The molecule has 0 aliphatic carbocycles. The van der Waals surface area contributed by atoms with Crippen LogP contribution in [0.1, 0.15) is 23.2 Å². The van der Waals surface area contributed by atoms with Crippen LogP contribution in [0.25, 0.3) is 0 Å². The average molecular weight is 315 g/mol. The third-order valence-electron chi connectivity index (χ3n) is 3.73. The fourth-order valence-electron chi connectivity index (χ4n) is 2.54. The lowest BCUT2D eigenvalue weighted by molar-refractivity contribution is 0.0930. The van der Waals surface area contributed by atoms with E-state index in [-0.39, 0.29) is 11.9 Å². The van der Waals surface area contributed by atoms with Gasteiger partial charge in [-0.1, -0.05) is 12.2 Å². The van der Waals surface area contributed by atoms with Gasteiger partial charge in [0, 0.05) is 37.7 Å². The summed E-state index contributed by atoms with van der Waals surface area (Å²) < 4.78 is 0.468. The molecule has 1 amide bonds. The van der Waals surface area contributed by atoms with E-state index in [1.54, 1.807) is 36.8 Å². The Morgan fingerprint density at radius 3 is 2.68 bits per heavy atom. The van der Waals surface area contributed by atoms with Crippen molar-refractivity contribution in [3.63, 3.8) is 0 Å². The van der Waals surface area contributed by atoms with Crippen LogP contribution in [0.3, 0.4) is 0 Å². The predicted octanol–water partition coefficient (Wildman–Crippen LogP) is 1.93. The van der Waals surface area contributed by atoms with Gasteiger partial charge in [-0.25, -0.2) is 9.97 Å². The van der Waals surface area contributed by atoms with Crippen LogP contribution in [0.2, 0.25) is 0 Å². The molecule has 0 aromatic carbocycles. The van der Waals surface area contributed by atoms with Crippen molar-refractivity contribution >= 4 is 24.1 Å². The Morgan fingerprint density at radius 2 is 2.00 bits per heavy atom. The quantitative estimate of drug-likeness (QED) is 0.847. The van der Waals surface area contributed by atoms with Gasteiger partial charge in [0.25, 0.3) is 5.91 Å². The normalized spacial score (nSPS) is 15.5. The zero-order chi connectivity index (χ0) is 15.4. The summed E-state index contributed by atoms with van der Waals surface area (Å²) in [5, 5.41) is 3.05. The molecule has 2 aromatic rings. The maximum absolute atomic E-state index is 12.2. The van der Waals surface area contributed by atoms with Gasteiger partial charge in [-0.15, -0.1) is 0 Å². The molecule has 1 aliphatic heterocycles. The molecule has 7 heteroatoms. The van der Waals surface area contributed by atoms with Gasteiger partial charge in [-0.2, -0.15) is 0 Å². The van der Waals surface area contributed by atoms with Gasteiger partial charge in [-0.05, 0) is 31.0 Å². The molecule has 2 aromatic heterocycles. The third kappa shape index (κ3) is 3.30. The first kappa shape index (κ1) is 14.6. The maximum atomic E-state index is 12.2. The highest BCUT2D eigenvalue weighted by molar-refractivity contribution is 7.71. The lowest BCUT2D eigenvalue weighted by atomic mass is 10.0. The molecule has 6 nitrogen and oxygen atoms in total. The Bertz CT molecular complexity index is 694. The molecular formula is C15H17N5OS. The standard InChI is InChI=1S/C15H17N5OS/c21-13(12-3-1-6-16-14(12)22)19-11-4-9-20(10-5-11)15-17-7-2-8-18-15/h1-3,6-8,11H,4-5,9-10H2,(H,16,22)(H,19,21). The first-order valence-corrected chi connectivity index (χ1v) is 7.65. The molecular weight excluding hydrogens is 298 g/mol. The number of nitrogens with zero attached hydrogens (tertiary/aromatic N) is 3. The summed E-state index contributed by atoms with van der Waals surface area (Å²) in [4.78, 5) is 25.8. The number of aromatic amines is 1. The lowest BCUT2D eigenvalue weighted by Crippen LogP contribution is -2.45. The average Bonchev–Trinajstić information content (AvgIpc) is 2.57. The molecule has 1 aliphatic rings. The van der Waals surface area contributed by atoms with E-state index in [9.17, 15) is 4.79 Å². The first-order chi connectivity index (χ1) is 10.7. The number of piperidine rings is 1. The molecule has 0 unspecified atom stereocenters.